The van der Waals surface area contributed by atoms with Crippen molar-refractivity contribution in [1.29, 1.82) is 0 Å². The summed E-state index contributed by atoms with van der Waals surface area (Å²) in [6.07, 6.45) is 6.01. The molecular formula is C24H31ClN2O3. The van der Waals surface area contributed by atoms with E-state index in [-0.39, 0.29) is 36.6 Å². The maximum Gasteiger partial charge on any atom is 0.236 e. The molecule has 0 saturated heterocycles. The molecule has 2 aromatic rings. The van der Waals surface area contributed by atoms with Crippen molar-refractivity contribution in [1.82, 2.24) is 5.32 Å². The molecule has 3 N–H and O–H groups in total. The molecule has 0 aromatic heterocycles. The van der Waals surface area contributed by atoms with Crippen molar-refractivity contribution in [2.45, 2.75) is 69.7 Å². The first kappa shape index (κ1) is 22.4. The van der Waals surface area contributed by atoms with E-state index in [4.69, 9.17) is 15.2 Å². The number of amides is 1. The number of carbonyl (C=O) groups is 1. The molecule has 2 aromatic carbocycles. The molecule has 2 atom stereocenters. The third kappa shape index (κ3) is 5.46. The molecule has 2 unspecified atom stereocenters. The van der Waals surface area contributed by atoms with Crippen molar-refractivity contribution in [3.05, 3.63) is 59.7 Å². The highest BCUT2D eigenvalue weighted by molar-refractivity contribution is 5.85. The molecule has 162 valence electrons. The molecule has 1 fully saturated rings. The second-order valence-electron chi connectivity index (χ2n) is 8.21. The van der Waals surface area contributed by atoms with Gasteiger partial charge in [0, 0.05) is 6.04 Å². The summed E-state index contributed by atoms with van der Waals surface area (Å²) in [5.41, 5.74) is 8.08. The number of benzene rings is 2. The van der Waals surface area contributed by atoms with Crippen molar-refractivity contribution >= 4 is 18.3 Å². The SMILES string of the molecule is CC(N)C(=O)NC1CCC(Oc2ccc3c(c2)CCC(c2ccccc2)O3)CC1.Cl. The molecule has 0 bridgehead atoms. The molecule has 30 heavy (non-hydrogen) atoms. The zero-order valence-corrected chi connectivity index (χ0v) is 18.2. The number of carbonyl (C=O) groups excluding carboxylic acids is 1. The van der Waals surface area contributed by atoms with Crippen LogP contribution in [0.5, 0.6) is 11.5 Å². The largest absolute Gasteiger partial charge is 0.490 e. The van der Waals surface area contributed by atoms with Gasteiger partial charge in [0.1, 0.15) is 17.6 Å². The van der Waals surface area contributed by atoms with Crippen molar-refractivity contribution in [2.24, 2.45) is 5.73 Å². The third-order valence-corrected chi connectivity index (χ3v) is 5.89. The Kier molecular flexibility index (Phi) is 7.62. The van der Waals surface area contributed by atoms with E-state index in [9.17, 15) is 4.79 Å². The Balaban J connectivity index is 0.00000256. The molecule has 1 aliphatic heterocycles. The van der Waals surface area contributed by atoms with Crippen molar-refractivity contribution in [2.75, 3.05) is 0 Å². The van der Waals surface area contributed by atoms with Crippen LogP contribution in [0.25, 0.3) is 0 Å². The maximum atomic E-state index is 11.8. The minimum atomic E-state index is -0.455. The Labute approximate surface area is 184 Å². The van der Waals surface area contributed by atoms with Crippen LogP contribution in [0.3, 0.4) is 0 Å². The zero-order valence-electron chi connectivity index (χ0n) is 17.4. The molecule has 5 nitrogen and oxygen atoms in total. The van der Waals surface area contributed by atoms with E-state index in [1.54, 1.807) is 6.92 Å². The number of ether oxygens (including phenoxy) is 2. The second kappa shape index (κ2) is 10.2. The Bertz CT molecular complexity index is 836. The van der Waals surface area contributed by atoms with E-state index in [0.717, 1.165) is 50.0 Å². The monoisotopic (exact) mass is 430 g/mol. The topological polar surface area (TPSA) is 73.6 Å². The minimum Gasteiger partial charge on any atom is -0.490 e. The van der Waals surface area contributed by atoms with Crippen LogP contribution in [0.15, 0.2) is 48.5 Å². The van der Waals surface area contributed by atoms with Crippen LogP contribution >= 0.6 is 12.4 Å². The van der Waals surface area contributed by atoms with Gasteiger partial charge in [0.2, 0.25) is 5.91 Å². The molecule has 6 heteroatoms. The van der Waals surface area contributed by atoms with Gasteiger partial charge in [-0.05, 0) is 74.8 Å². The first-order valence-electron chi connectivity index (χ1n) is 10.7. The van der Waals surface area contributed by atoms with Crippen LogP contribution in [0.1, 0.15) is 56.3 Å². The van der Waals surface area contributed by atoms with Crippen LogP contribution in [-0.2, 0) is 11.2 Å². The van der Waals surface area contributed by atoms with Gasteiger partial charge in [-0.15, -0.1) is 12.4 Å². The lowest BCUT2D eigenvalue weighted by molar-refractivity contribution is -0.123. The molecule has 4 rings (SSSR count). The van der Waals surface area contributed by atoms with Gasteiger partial charge in [-0.2, -0.15) is 0 Å². The van der Waals surface area contributed by atoms with E-state index >= 15 is 0 Å². The van der Waals surface area contributed by atoms with Crippen LogP contribution in [-0.4, -0.2) is 24.1 Å². The fourth-order valence-electron chi connectivity index (χ4n) is 4.19. The van der Waals surface area contributed by atoms with Gasteiger partial charge >= 0.3 is 0 Å². The quantitative estimate of drug-likeness (QED) is 0.740. The highest BCUT2D eigenvalue weighted by Gasteiger charge is 2.25. The molecule has 0 spiro atoms. The Morgan fingerprint density at radius 3 is 2.53 bits per heavy atom. The number of hydrogen-bond acceptors (Lipinski definition) is 4. The van der Waals surface area contributed by atoms with Gasteiger partial charge in [0.15, 0.2) is 0 Å². The predicted octanol–water partition coefficient (Wildman–Crippen LogP) is 4.33. The Morgan fingerprint density at radius 2 is 1.83 bits per heavy atom. The molecule has 0 radical (unpaired) electrons. The summed E-state index contributed by atoms with van der Waals surface area (Å²) < 4.78 is 12.5. The average Bonchev–Trinajstić information content (AvgIpc) is 2.75. The number of fused-ring (bicyclic) bond motifs is 1. The summed E-state index contributed by atoms with van der Waals surface area (Å²) in [7, 11) is 0. The van der Waals surface area contributed by atoms with Crippen molar-refractivity contribution in [3.8, 4) is 11.5 Å². The number of nitrogens with two attached hydrogens (primary N) is 1. The van der Waals surface area contributed by atoms with Crippen LogP contribution in [0.2, 0.25) is 0 Å². The van der Waals surface area contributed by atoms with Crippen LogP contribution < -0.4 is 20.5 Å². The first-order chi connectivity index (χ1) is 14.1. The minimum absolute atomic E-state index is 0. The molecule has 1 aliphatic carbocycles. The van der Waals surface area contributed by atoms with E-state index < -0.39 is 6.04 Å². The number of nitrogens with one attached hydrogen (secondary N) is 1. The smallest absolute Gasteiger partial charge is 0.236 e. The van der Waals surface area contributed by atoms with E-state index in [0.29, 0.717) is 0 Å². The summed E-state index contributed by atoms with van der Waals surface area (Å²) in [5, 5.41) is 3.03. The number of hydrogen-bond donors (Lipinski definition) is 2. The predicted molar refractivity (Wildman–Crippen MR) is 120 cm³/mol. The number of rotatable bonds is 5. The zero-order chi connectivity index (χ0) is 20.2. The van der Waals surface area contributed by atoms with E-state index in [1.165, 1.54) is 11.1 Å². The van der Waals surface area contributed by atoms with Crippen LogP contribution in [0.4, 0.5) is 0 Å². The highest BCUT2D eigenvalue weighted by Crippen LogP contribution is 2.37. The lowest BCUT2D eigenvalue weighted by atomic mass is 9.92. The van der Waals surface area contributed by atoms with Gasteiger partial charge in [-0.25, -0.2) is 0 Å². The summed E-state index contributed by atoms with van der Waals surface area (Å²) in [6, 6.07) is 16.3. The fourth-order valence-corrected chi connectivity index (χ4v) is 4.19. The lowest BCUT2D eigenvalue weighted by Gasteiger charge is -2.31. The van der Waals surface area contributed by atoms with Gasteiger partial charge in [0.25, 0.3) is 0 Å². The Hall–Kier alpha value is -2.24. The van der Waals surface area contributed by atoms with E-state index in [2.05, 4.69) is 35.6 Å². The standard InChI is InChI=1S/C24H30N2O3.ClH/c1-16(25)24(27)26-19-8-10-20(11-9-19)28-21-12-14-23-18(15-21)7-13-22(29-23)17-5-3-2-4-6-17;/h2-6,12,14-16,19-20,22H,7-11,13,25H2,1H3,(H,26,27);1H. The van der Waals surface area contributed by atoms with Gasteiger partial charge in [0.05, 0.1) is 12.1 Å². The average molecular weight is 431 g/mol. The lowest BCUT2D eigenvalue weighted by Crippen LogP contribution is -2.46. The molecule has 1 saturated carbocycles. The number of halogens is 1. The summed E-state index contributed by atoms with van der Waals surface area (Å²) >= 11 is 0. The third-order valence-electron chi connectivity index (χ3n) is 5.89. The molecule has 1 amide bonds. The van der Waals surface area contributed by atoms with Crippen molar-refractivity contribution < 1.29 is 14.3 Å². The van der Waals surface area contributed by atoms with Crippen LogP contribution in [0, 0.1) is 0 Å². The number of aryl methyl sites for hydroxylation is 1. The summed E-state index contributed by atoms with van der Waals surface area (Å²) in [4.78, 5) is 11.8. The Morgan fingerprint density at radius 1 is 1.10 bits per heavy atom. The molecule has 2 aliphatic rings. The maximum absolute atomic E-state index is 11.8. The summed E-state index contributed by atoms with van der Waals surface area (Å²) in [6.45, 7) is 1.71. The highest BCUT2D eigenvalue weighted by atomic mass is 35.5. The fraction of sp³-hybridized carbons (Fsp3) is 0.458. The first-order valence-corrected chi connectivity index (χ1v) is 10.7. The summed E-state index contributed by atoms with van der Waals surface area (Å²) in [5.74, 6) is 1.80. The van der Waals surface area contributed by atoms with Gasteiger partial charge in [-0.3, -0.25) is 4.79 Å². The second-order valence-corrected chi connectivity index (χ2v) is 8.21. The normalized spacial score (nSPS) is 23.9. The van der Waals surface area contributed by atoms with Gasteiger partial charge in [-0.1, -0.05) is 30.3 Å². The molecule has 1 heterocycles. The van der Waals surface area contributed by atoms with Gasteiger partial charge < -0.3 is 20.5 Å². The molecular weight excluding hydrogens is 400 g/mol. The van der Waals surface area contributed by atoms with E-state index in [1.807, 2.05) is 18.2 Å². The van der Waals surface area contributed by atoms with Crippen molar-refractivity contribution in [3.63, 3.8) is 0 Å².